The number of rotatable bonds is 4. The second-order valence-electron chi connectivity index (χ2n) is 6.60. The van der Waals surface area contributed by atoms with Crippen LogP contribution < -0.4 is 4.74 Å². The molecule has 0 aliphatic carbocycles. The van der Waals surface area contributed by atoms with Gasteiger partial charge in [0.2, 0.25) is 5.91 Å². The van der Waals surface area contributed by atoms with Crippen molar-refractivity contribution in [1.29, 1.82) is 0 Å². The summed E-state index contributed by atoms with van der Waals surface area (Å²) in [6.07, 6.45) is 3.60. The maximum atomic E-state index is 13.0. The molecule has 25 heavy (non-hydrogen) atoms. The first-order valence-electron chi connectivity index (χ1n) is 8.87. The largest absolute Gasteiger partial charge is 0.497 e. The number of nitrogens with zero attached hydrogens (tertiary/aromatic N) is 3. The number of benzene rings is 1. The number of ether oxygens (including phenoxy) is 1. The van der Waals surface area contributed by atoms with E-state index in [1.807, 2.05) is 17.0 Å². The van der Waals surface area contributed by atoms with E-state index in [2.05, 4.69) is 27.4 Å². The van der Waals surface area contributed by atoms with Crippen LogP contribution in [0.2, 0.25) is 0 Å². The fraction of sp³-hybridized carbons (Fsp3) is 0.474. The molecule has 0 unspecified atom stereocenters. The normalized spacial score (nSPS) is 22.5. The Morgan fingerprint density at radius 2 is 2.28 bits per heavy atom. The Morgan fingerprint density at radius 3 is 3.16 bits per heavy atom. The zero-order valence-corrected chi connectivity index (χ0v) is 15.3. The molecule has 1 amide bonds. The highest BCUT2D eigenvalue weighted by molar-refractivity contribution is 8.16. The number of amidine groups is 1. The van der Waals surface area contributed by atoms with Gasteiger partial charge in [0, 0.05) is 25.3 Å². The SMILES string of the molecule is COc1cccc([C@@H]2CCCN2C(=O)CC2=CSC3=NCCCN23)c1. The average molecular weight is 357 g/mol. The van der Waals surface area contributed by atoms with Gasteiger partial charge in [-0.15, -0.1) is 0 Å². The molecule has 3 aliphatic heterocycles. The van der Waals surface area contributed by atoms with Crippen molar-refractivity contribution in [3.05, 3.63) is 40.9 Å². The van der Waals surface area contributed by atoms with Crippen LogP contribution in [0.25, 0.3) is 0 Å². The molecule has 0 N–H and O–H groups in total. The highest BCUT2D eigenvalue weighted by Gasteiger charge is 2.33. The predicted molar refractivity (Wildman–Crippen MR) is 101 cm³/mol. The lowest BCUT2D eigenvalue weighted by atomic mass is 10.0. The van der Waals surface area contributed by atoms with Crippen molar-refractivity contribution in [1.82, 2.24) is 9.80 Å². The summed E-state index contributed by atoms with van der Waals surface area (Å²) in [7, 11) is 1.68. The Labute approximate surface area is 152 Å². The minimum Gasteiger partial charge on any atom is -0.497 e. The van der Waals surface area contributed by atoms with Crippen LogP contribution in [-0.4, -0.2) is 47.6 Å². The number of hydrogen-bond acceptors (Lipinski definition) is 5. The summed E-state index contributed by atoms with van der Waals surface area (Å²) in [5.41, 5.74) is 2.27. The Kier molecular flexibility index (Phi) is 4.70. The van der Waals surface area contributed by atoms with Crippen molar-refractivity contribution < 1.29 is 9.53 Å². The molecule has 0 bridgehead atoms. The van der Waals surface area contributed by atoms with Gasteiger partial charge >= 0.3 is 0 Å². The molecule has 1 fully saturated rings. The van der Waals surface area contributed by atoms with Crippen molar-refractivity contribution in [3.8, 4) is 5.75 Å². The molecule has 0 radical (unpaired) electrons. The van der Waals surface area contributed by atoms with Gasteiger partial charge in [0.25, 0.3) is 0 Å². The van der Waals surface area contributed by atoms with Gasteiger partial charge in [-0.05, 0) is 42.4 Å². The maximum absolute atomic E-state index is 13.0. The summed E-state index contributed by atoms with van der Waals surface area (Å²) in [5.74, 6) is 1.06. The molecule has 3 heterocycles. The summed E-state index contributed by atoms with van der Waals surface area (Å²) in [6, 6.07) is 8.26. The van der Waals surface area contributed by atoms with Gasteiger partial charge in [-0.25, -0.2) is 0 Å². The van der Waals surface area contributed by atoms with Crippen LogP contribution in [0.4, 0.5) is 0 Å². The number of methoxy groups -OCH3 is 1. The zero-order chi connectivity index (χ0) is 17.2. The second kappa shape index (κ2) is 7.12. The lowest BCUT2D eigenvalue weighted by Crippen LogP contribution is -2.35. The minimum atomic E-state index is 0.159. The van der Waals surface area contributed by atoms with E-state index in [1.165, 1.54) is 5.56 Å². The number of amides is 1. The summed E-state index contributed by atoms with van der Waals surface area (Å²) < 4.78 is 5.34. The van der Waals surface area contributed by atoms with Gasteiger partial charge in [-0.2, -0.15) is 0 Å². The molecule has 1 aromatic rings. The van der Waals surface area contributed by atoms with Gasteiger partial charge in [-0.3, -0.25) is 9.79 Å². The molecule has 132 valence electrons. The molecule has 0 saturated carbocycles. The number of thioether (sulfide) groups is 1. The van der Waals surface area contributed by atoms with Crippen molar-refractivity contribution in [2.24, 2.45) is 4.99 Å². The monoisotopic (exact) mass is 357 g/mol. The van der Waals surface area contributed by atoms with E-state index >= 15 is 0 Å². The maximum Gasteiger partial charge on any atom is 0.229 e. The van der Waals surface area contributed by atoms with Crippen molar-refractivity contribution >= 4 is 22.8 Å². The minimum absolute atomic E-state index is 0.159. The molecule has 3 aliphatic rings. The number of likely N-dealkylation sites (tertiary alicyclic amines) is 1. The van der Waals surface area contributed by atoms with Crippen LogP contribution in [-0.2, 0) is 4.79 Å². The smallest absolute Gasteiger partial charge is 0.229 e. The molecule has 0 aromatic heterocycles. The van der Waals surface area contributed by atoms with Crippen LogP contribution in [0.1, 0.15) is 37.3 Å². The van der Waals surface area contributed by atoms with E-state index in [4.69, 9.17) is 4.74 Å². The number of hydrogen-bond donors (Lipinski definition) is 0. The summed E-state index contributed by atoms with van der Waals surface area (Å²) >= 11 is 1.65. The van der Waals surface area contributed by atoms with Gasteiger partial charge in [0.1, 0.15) is 5.75 Å². The topological polar surface area (TPSA) is 45.1 Å². The molecule has 5 nitrogen and oxygen atoms in total. The average Bonchev–Trinajstić information content (AvgIpc) is 3.29. The van der Waals surface area contributed by atoms with Crippen LogP contribution in [0, 0.1) is 0 Å². The van der Waals surface area contributed by atoms with Gasteiger partial charge < -0.3 is 14.5 Å². The zero-order valence-electron chi connectivity index (χ0n) is 14.5. The van der Waals surface area contributed by atoms with E-state index in [0.717, 1.165) is 55.5 Å². The molecule has 1 atom stereocenters. The summed E-state index contributed by atoms with van der Waals surface area (Å²) in [4.78, 5) is 21.8. The standard InChI is InChI=1S/C19H23N3O2S/c1-24-16-6-2-5-14(11-16)17-7-3-9-22(17)18(23)12-15-13-25-19-20-8-4-10-21(15)19/h2,5-6,11,13,17H,3-4,7-10,12H2,1H3/t17-/m0/s1. The molecular weight excluding hydrogens is 334 g/mol. The Balaban J connectivity index is 1.47. The Bertz CT molecular complexity index is 731. The third-order valence-corrected chi connectivity index (χ3v) is 6.00. The molecule has 4 rings (SSSR count). The number of fused-ring (bicyclic) bond motifs is 1. The first kappa shape index (κ1) is 16.5. The molecule has 0 spiro atoms. The van der Waals surface area contributed by atoms with Crippen LogP contribution >= 0.6 is 11.8 Å². The second-order valence-corrected chi connectivity index (χ2v) is 7.43. The van der Waals surface area contributed by atoms with Gasteiger partial charge in [0.05, 0.1) is 19.6 Å². The highest BCUT2D eigenvalue weighted by atomic mass is 32.2. The van der Waals surface area contributed by atoms with Crippen LogP contribution in [0.3, 0.4) is 0 Å². The quantitative estimate of drug-likeness (QED) is 0.828. The lowest BCUT2D eigenvalue weighted by molar-refractivity contribution is -0.131. The molecule has 6 heteroatoms. The number of carbonyl (C=O) groups is 1. The Morgan fingerprint density at radius 1 is 1.36 bits per heavy atom. The number of carbonyl (C=O) groups excluding carboxylic acids is 1. The molecule has 1 aromatic carbocycles. The van der Waals surface area contributed by atoms with Crippen LogP contribution in [0.15, 0.2) is 40.4 Å². The highest BCUT2D eigenvalue weighted by Crippen LogP contribution is 2.36. The van der Waals surface area contributed by atoms with E-state index in [-0.39, 0.29) is 11.9 Å². The third kappa shape index (κ3) is 3.27. The summed E-state index contributed by atoms with van der Waals surface area (Å²) in [5, 5.41) is 3.15. The van der Waals surface area contributed by atoms with Gasteiger partial charge in [-0.1, -0.05) is 23.9 Å². The summed E-state index contributed by atoms with van der Waals surface area (Å²) in [6.45, 7) is 2.71. The van der Waals surface area contributed by atoms with E-state index in [1.54, 1.807) is 18.9 Å². The fourth-order valence-electron chi connectivity index (χ4n) is 3.79. The Hall–Kier alpha value is -1.95. The lowest BCUT2D eigenvalue weighted by Gasteiger charge is -2.29. The van der Waals surface area contributed by atoms with Crippen molar-refractivity contribution in [3.63, 3.8) is 0 Å². The van der Waals surface area contributed by atoms with E-state index < -0.39 is 0 Å². The predicted octanol–water partition coefficient (Wildman–Crippen LogP) is 3.40. The third-order valence-electron chi connectivity index (χ3n) is 5.05. The molecule has 1 saturated heterocycles. The fourth-order valence-corrected chi connectivity index (χ4v) is 4.74. The first-order valence-corrected chi connectivity index (χ1v) is 9.75. The van der Waals surface area contributed by atoms with Crippen molar-refractivity contribution in [2.45, 2.75) is 31.7 Å². The van der Waals surface area contributed by atoms with E-state index in [0.29, 0.717) is 6.42 Å². The number of aliphatic imine (C=N–C) groups is 1. The first-order chi connectivity index (χ1) is 12.3. The van der Waals surface area contributed by atoms with E-state index in [9.17, 15) is 4.79 Å². The molecular formula is C19H23N3O2S. The van der Waals surface area contributed by atoms with Gasteiger partial charge in [0.15, 0.2) is 5.17 Å². The van der Waals surface area contributed by atoms with Crippen molar-refractivity contribution in [2.75, 3.05) is 26.7 Å². The van der Waals surface area contributed by atoms with Crippen LogP contribution in [0.5, 0.6) is 5.75 Å².